The van der Waals surface area contributed by atoms with Gasteiger partial charge in [-0.1, -0.05) is 18.2 Å². The molecule has 1 aromatic carbocycles. The zero-order valence-electron chi connectivity index (χ0n) is 11.1. The van der Waals surface area contributed by atoms with E-state index in [-0.39, 0.29) is 24.1 Å². The smallest absolute Gasteiger partial charge is 0.408 e. The Labute approximate surface area is 121 Å². The minimum absolute atomic E-state index is 0. The van der Waals surface area contributed by atoms with Gasteiger partial charge in [-0.3, -0.25) is 0 Å². The van der Waals surface area contributed by atoms with Crippen LogP contribution in [0.4, 0.5) is 13.6 Å². The summed E-state index contributed by atoms with van der Waals surface area (Å²) in [5, 5.41) is 2.15. The average Bonchev–Trinajstić information content (AvgIpc) is 2.33. The van der Waals surface area contributed by atoms with Gasteiger partial charge in [-0.2, -0.15) is 0 Å². The van der Waals surface area contributed by atoms with Crippen molar-refractivity contribution in [2.24, 2.45) is 0 Å². The van der Waals surface area contributed by atoms with E-state index in [0.717, 1.165) is 0 Å². The zero-order valence-corrected chi connectivity index (χ0v) is 11.9. The van der Waals surface area contributed by atoms with Gasteiger partial charge in [0.05, 0.1) is 6.10 Å². The molecule has 1 aliphatic rings. The van der Waals surface area contributed by atoms with Gasteiger partial charge in [-0.05, 0) is 19.9 Å². The minimum atomic E-state index is -3.18. The van der Waals surface area contributed by atoms with E-state index in [9.17, 15) is 13.6 Å². The van der Waals surface area contributed by atoms with Crippen molar-refractivity contribution in [3.63, 3.8) is 0 Å². The molecule has 0 aromatic heterocycles. The SMILES string of the molecule is CC(C)Oc1ccccc1[C@H]1NC(=O)OCC1(F)F.Cl. The lowest BCUT2D eigenvalue weighted by Gasteiger charge is -2.32. The number of amides is 1. The van der Waals surface area contributed by atoms with Crippen LogP contribution in [0.2, 0.25) is 0 Å². The fourth-order valence-corrected chi connectivity index (χ4v) is 1.90. The van der Waals surface area contributed by atoms with Crippen molar-refractivity contribution in [1.82, 2.24) is 5.32 Å². The topological polar surface area (TPSA) is 47.6 Å². The van der Waals surface area contributed by atoms with E-state index in [1.165, 1.54) is 6.07 Å². The van der Waals surface area contributed by atoms with Crippen LogP contribution in [-0.2, 0) is 4.74 Å². The van der Waals surface area contributed by atoms with Crippen LogP contribution >= 0.6 is 12.4 Å². The predicted molar refractivity (Wildman–Crippen MR) is 71.6 cm³/mol. The maximum absolute atomic E-state index is 13.9. The first-order chi connectivity index (χ1) is 8.90. The molecule has 112 valence electrons. The third-order valence-corrected chi connectivity index (χ3v) is 2.67. The van der Waals surface area contributed by atoms with Crippen LogP contribution in [0.25, 0.3) is 0 Å². The molecule has 20 heavy (non-hydrogen) atoms. The number of halogens is 3. The minimum Gasteiger partial charge on any atom is -0.491 e. The van der Waals surface area contributed by atoms with Crippen LogP contribution in [0.3, 0.4) is 0 Å². The number of carbonyl (C=O) groups is 1. The second-order valence-corrected chi connectivity index (χ2v) is 4.62. The van der Waals surface area contributed by atoms with E-state index in [1.807, 2.05) is 0 Å². The third kappa shape index (κ3) is 3.50. The Morgan fingerprint density at radius 3 is 2.70 bits per heavy atom. The molecule has 2 rings (SSSR count). The quantitative estimate of drug-likeness (QED) is 0.932. The van der Waals surface area contributed by atoms with Gasteiger partial charge < -0.3 is 14.8 Å². The Kier molecular flexibility index (Phi) is 5.16. The number of hydrogen-bond acceptors (Lipinski definition) is 3. The Hall–Kier alpha value is -1.56. The van der Waals surface area contributed by atoms with E-state index < -0.39 is 24.7 Å². The number of ether oxygens (including phenoxy) is 2. The Morgan fingerprint density at radius 1 is 1.40 bits per heavy atom. The van der Waals surface area contributed by atoms with Crippen LogP contribution in [0.15, 0.2) is 24.3 Å². The monoisotopic (exact) mass is 307 g/mol. The fraction of sp³-hybridized carbons (Fsp3) is 0.462. The van der Waals surface area contributed by atoms with E-state index in [2.05, 4.69) is 10.1 Å². The second kappa shape index (κ2) is 6.26. The number of cyclic esters (lactones) is 1. The van der Waals surface area contributed by atoms with Gasteiger partial charge in [0.15, 0.2) is 6.61 Å². The molecule has 1 saturated heterocycles. The summed E-state index contributed by atoms with van der Waals surface area (Å²) >= 11 is 0. The summed E-state index contributed by atoms with van der Waals surface area (Å²) in [4.78, 5) is 11.2. The maximum Gasteiger partial charge on any atom is 0.408 e. The molecule has 0 spiro atoms. The number of benzene rings is 1. The van der Waals surface area contributed by atoms with Crippen molar-refractivity contribution in [3.05, 3.63) is 29.8 Å². The first kappa shape index (κ1) is 16.5. The summed E-state index contributed by atoms with van der Waals surface area (Å²) in [5.41, 5.74) is 0.248. The lowest BCUT2D eigenvalue weighted by molar-refractivity contribution is -0.104. The summed E-state index contributed by atoms with van der Waals surface area (Å²) in [6, 6.07) is 5.00. The standard InChI is InChI=1S/C13H15F2NO3.ClH/c1-8(2)19-10-6-4-3-5-9(10)11-13(14,15)7-18-12(17)16-11;/h3-6,8,11H,7H2,1-2H3,(H,16,17);1H/t11-;/m1./s1. The number of alkyl carbamates (subject to hydrolysis) is 1. The number of para-hydroxylation sites is 1. The average molecular weight is 308 g/mol. The molecule has 1 heterocycles. The van der Waals surface area contributed by atoms with Crippen molar-refractivity contribution in [2.75, 3.05) is 6.61 Å². The number of alkyl halides is 2. The van der Waals surface area contributed by atoms with E-state index in [4.69, 9.17) is 4.74 Å². The fourth-order valence-electron chi connectivity index (χ4n) is 1.90. The van der Waals surface area contributed by atoms with E-state index in [0.29, 0.717) is 5.75 Å². The molecule has 1 aromatic rings. The zero-order chi connectivity index (χ0) is 14.0. The number of nitrogens with one attached hydrogen (secondary N) is 1. The lowest BCUT2D eigenvalue weighted by Crippen LogP contribution is -2.49. The van der Waals surface area contributed by atoms with Crippen molar-refractivity contribution in [3.8, 4) is 5.75 Å². The van der Waals surface area contributed by atoms with Gasteiger partial charge in [-0.25, -0.2) is 13.6 Å². The highest BCUT2D eigenvalue weighted by atomic mass is 35.5. The molecular weight excluding hydrogens is 292 g/mol. The van der Waals surface area contributed by atoms with Gasteiger partial charge in [0.25, 0.3) is 0 Å². The van der Waals surface area contributed by atoms with Gasteiger partial charge in [0, 0.05) is 5.56 Å². The largest absolute Gasteiger partial charge is 0.491 e. The normalized spacial score (nSPS) is 20.6. The van der Waals surface area contributed by atoms with Crippen molar-refractivity contribution in [1.29, 1.82) is 0 Å². The maximum atomic E-state index is 13.9. The number of hydrogen-bond donors (Lipinski definition) is 1. The Bertz CT molecular complexity index is 482. The van der Waals surface area contributed by atoms with Crippen LogP contribution in [0, 0.1) is 0 Å². The van der Waals surface area contributed by atoms with Crippen molar-refractivity contribution in [2.45, 2.75) is 31.9 Å². The van der Waals surface area contributed by atoms with Crippen LogP contribution in [0.1, 0.15) is 25.5 Å². The van der Waals surface area contributed by atoms with Gasteiger partial charge >= 0.3 is 12.0 Å². The molecule has 1 atom stereocenters. The lowest BCUT2D eigenvalue weighted by atomic mass is 9.99. The van der Waals surface area contributed by atoms with Crippen LogP contribution in [-0.4, -0.2) is 24.7 Å². The molecule has 4 nitrogen and oxygen atoms in total. The first-order valence-corrected chi connectivity index (χ1v) is 5.97. The van der Waals surface area contributed by atoms with Gasteiger partial charge in [-0.15, -0.1) is 12.4 Å². The summed E-state index contributed by atoms with van der Waals surface area (Å²) < 4.78 is 37.5. The molecule has 1 aliphatic heterocycles. The van der Waals surface area contributed by atoms with Crippen LogP contribution < -0.4 is 10.1 Å². The van der Waals surface area contributed by atoms with Crippen LogP contribution in [0.5, 0.6) is 5.75 Å². The molecule has 0 radical (unpaired) electrons. The molecular formula is C13H16ClF2NO3. The summed E-state index contributed by atoms with van der Waals surface area (Å²) in [5.74, 6) is -2.84. The first-order valence-electron chi connectivity index (χ1n) is 5.97. The highest BCUT2D eigenvalue weighted by Crippen LogP contribution is 2.38. The number of carbonyl (C=O) groups excluding carboxylic acids is 1. The summed E-state index contributed by atoms with van der Waals surface area (Å²) in [6.07, 6.45) is -0.999. The molecule has 1 fully saturated rings. The second-order valence-electron chi connectivity index (χ2n) is 4.62. The van der Waals surface area contributed by atoms with Crippen molar-refractivity contribution >= 4 is 18.5 Å². The molecule has 0 bridgehead atoms. The van der Waals surface area contributed by atoms with E-state index in [1.54, 1.807) is 32.0 Å². The summed E-state index contributed by atoms with van der Waals surface area (Å²) in [6.45, 7) is 2.68. The predicted octanol–water partition coefficient (Wildman–Crippen LogP) is 3.31. The highest BCUT2D eigenvalue weighted by molar-refractivity contribution is 5.85. The van der Waals surface area contributed by atoms with Gasteiger partial charge in [0.2, 0.25) is 0 Å². The molecule has 0 aliphatic carbocycles. The Morgan fingerprint density at radius 2 is 2.05 bits per heavy atom. The Balaban J connectivity index is 0.00000200. The summed E-state index contributed by atoms with van der Waals surface area (Å²) in [7, 11) is 0. The van der Waals surface area contributed by atoms with Gasteiger partial charge in [0.1, 0.15) is 11.8 Å². The molecule has 7 heteroatoms. The third-order valence-electron chi connectivity index (χ3n) is 2.67. The highest BCUT2D eigenvalue weighted by Gasteiger charge is 2.47. The number of rotatable bonds is 3. The van der Waals surface area contributed by atoms with Crippen molar-refractivity contribution < 1.29 is 23.0 Å². The molecule has 1 N–H and O–H groups in total. The molecule has 0 unspecified atom stereocenters. The molecule has 1 amide bonds. The van der Waals surface area contributed by atoms with E-state index >= 15 is 0 Å². The molecule has 0 saturated carbocycles.